The Labute approximate surface area is 213 Å². The molecule has 2 aliphatic rings. The van der Waals surface area contributed by atoms with Crippen molar-refractivity contribution in [2.75, 3.05) is 26.2 Å². The van der Waals surface area contributed by atoms with Gasteiger partial charge in [-0.25, -0.2) is 12.8 Å². The van der Waals surface area contributed by atoms with Gasteiger partial charge in [-0.2, -0.15) is 4.31 Å². The van der Waals surface area contributed by atoms with E-state index in [9.17, 15) is 17.9 Å². The van der Waals surface area contributed by atoms with Crippen molar-refractivity contribution in [1.29, 1.82) is 0 Å². The van der Waals surface area contributed by atoms with Gasteiger partial charge in [0, 0.05) is 31.1 Å². The smallest absolute Gasteiger partial charge is 0.243 e. The van der Waals surface area contributed by atoms with Gasteiger partial charge in [-0.3, -0.25) is 4.90 Å². The molecule has 3 atom stereocenters. The van der Waals surface area contributed by atoms with Crippen molar-refractivity contribution < 1.29 is 17.9 Å². The normalized spacial score (nSPS) is 23.4. The Bertz CT molecular complexity index is 1340. The van der Waals surface area contributed by atoms with Gasteiger partial charge < -0.3 is 5.11 Å². The fraction of sp³-hybridized carbons (Fsp3) is 0.379. The molecule has 2 heterocycles. The first-order chi connectivity index (χ1) is 17.3. The summed E-state index contributed by atoms with van der Waals surface area (Å²) in [6, 6.07) is 20.1. The average molecular weight is 509 g/mol. The van der Waals surface area contributed by atoms with Crippen LogP contribution in [0.3, 0.4) is 0 Å². The van der Waals surface area contributed by atoms with Crippen molar-refractivity contribution >= 4 is 10.0 Å². The van der Waals surface area contributed by atoms with Crippen LogP contribution in [0.1, 0.15) is 35.4 Å². The lowest BCUT2D eigenvalue weighted by Gasteiger charge is -2.57. The number of aryl methyl sites for hydroxylation is 2. The van der Waals surface area contributed by atoms with Crippen LogP contribution < -0.4 is 0 Å². The minimum Gasteiger partial charge on any atom is -0.395 e. The van der Waals surface area contributed by atoms with Crippen LogP contribution in [0.4, 0.5) is 4.39 Å². The van der Waals surface area contributed by atoms with E-state index in [2.05, 4.69) is 17.0 Å². The Morgan fingerprint density at radius 3 is 2.36 bits per heavy atom. The third-order valence-corrected chi connectivity index (χ3v) is 9.86. The van der Waals surface area contributed by atoms with E-state index in [1.807, 2.05) is 38.1 Å². The maximum absolute atomic E-state index is 13.6. The van der Waals surface area contributed by atoms with E-state index in [0.29, 0.717) is 18.0 Å². The molecule has 3 aromatic carbocycles. The zero-order valence-electron chi connectivity index (χ0n) is 20.8. The third-order valence-electron chi connectivity index (χ3n) is 7.84. The van der Waals surface area contributed by atoms with E-state index in [0.717, 1.165) is 47.2 Å². The zero-order valence-corrected chi connectivity index (χ0v) is 21.6. The van der Waals surface area contributed by atoms with Crippen LogP contribution >= 0.6 is 0 Å². The lowest BCUT2D eigenvalue weighted by molar-refractivity contribution is -0.0553. The average Bonchev–Trinajstić information content (AvgIpc) is 2.83. The predicted molar refractivity (Wildman–Crippen MR) is 140 cm³/mol. The van der Waals surface area contributed by atoms with Gasteiger partial charge in [-0.1, -0.05) is 48.5 Å². The number of aliphatic hydroxyl groups excluding tert-OH is 1. The number of aliphatic hydroxyl groups is 1. The highest BCUT2D eigenvalue weighted by Gasteiger charge is 2.50. The maximum Gasteiger partial charge on any atom is 0.243 e. The topological polar surface area (TPSA) is 60.9 Å². The summed E-state index contributed by atoms with van der Waals surface area (Å²) in [6.45, 7) is 5.52. The SMILES string of the molecule is Cc1cc(F)ccc1-c1ccc(C2[C@@H](CO)N3CCCCN(S(=O)(=O)c4ccccc4C)C[C@@H]23)cc1. The molecule has 7 heteroatoms. The van der Waals surface area contributed by atoms with Crippen molar-refractivity contribution in [3.8, 4) is 11.1 Å². The number of sulfonamides is 1. The first-order valence-electron chi connectivity index (χ1n) is 12.6. The molecule has 5 nitrogen and oxygen atoms in total. The standard InChI is InChI=1S/C29H33FN2O3S/c1-20-7-3-4-8-28(20)36(34,35)31-15-5-6-16-32-26(18-31)29(27(32)19-33)23-11-9-22(10-12-23)25-14-13-24(30)17-21(25)2/h3-4,7-14,17,26-27,29,33H,5-6,15-16,18-19H2,1-2H3/t26-,27+,29?/m0/s1. The van der Waals surface area contributed by atoms with Crippen LogP contribution in [0.2, 0.25) is 0 Å². The molecular formula is C29H33FN2O3S. The van der Waals surface area contributed by atoms with Crippen LogP contribution in [0.25, 0.3) is 11.1 Å². The molecule has 0 aromatic heterocycles. The van der Waals surface area contributed by atoms with Gasteiger partial charge in [0.15, 0.2) is 0 Å². The Morgan fingerprint density at radius 2 is 1.67 bits per heavy atom. The first kappa shape index (κ1) is 25.1. The van der Waals surface area contributed by atoms with Gasteiger partial charge in [0.2, 0.25) is 10.0 Å². The number of hydrogen-bond acceptors (Lipinski definition) is 4. The van der Waals surface area contributed by atoms with Crippen molar-refractivity contribution in [2.24, 2.45) is 0 Å². The molecule has 0 amide bonds. The molecule has 2 fully saturated rings. The van der Waals surface area contributed by atoms with Crippen LogP contribution in [-0.4, -0.2) is 61.1 Å². The van der Waals surface area contributed by atoms with Crippen molar-refractivity contribution in [3.63, 3.8) is 0 Å². The molecule has 5 rings (SSSR count). The summed E-state index contributed by atoms with van der Waals surface area (Å²) >= 11 is 0. The van der Waals surface area contributed by atoms with Crippen molar-refractivity contribution in [2.45, 2.75) is 49.6 Å². The molecule has 0 bridgehead atoms. The van der Waals surface area contributed by atoms with E-state index >= 15 is 0 Å². The van der Waals surface area contributed by atoms with Crippen molar-refractivity contribution in [1.82, 2.24) is 9.21 Å². The Balaban J connectivity index is 1.44. The quantitative estimate of drug-likeness (QED) is 0.542. The molecule has 0 radical (unpaired) electrons. The van der Waals surface area contributed by atoms with Crippen molar-refractivity contribution in [3.05, 3.63) is 89.2 Å². The summed E-state index contributed by atoms with van der Waals surface area (Å²) in [5.74, 6) is -0.214. The molecule has 1 unspecified atom stereocenters. The van der Waals surface area contributed by atoms with Gasteiger partial charge in [0.05, 0.1) is 11.5 Å². The fourth-order valence-electron chi connectivity index (χ4n) is 5.95. The number of hydrogen-bond donors (Lipinski definition) is 1. The molecule has 3 aromatic rings. The monoisotopic (exact) mass is 508 g/mol. The molecular weight excluding hydrogens is 475 g/mol. The van der Waals surface area contributed by atoms with Gasteiger partial charge in [0.1, 0.15) is 5.82 Å². The van der Waals surface area contributed by atoms with E-state index in [1.165, 1.54) is 12.1 Å². The lowest BCUT2D eigenvalue weighted by atomic mass is 9.74. The molecule has 0 saturated carbocycles. The largest absolute Gasteiger partial charge is 0.395 e. The molecule has 36 heavy (non-hydrogen) atoms. The molecule has 1 N–H and O–H groups in total. The number of fused-ring (bicyclic) bond motifs is 1. The Kier molecular flexibility index (Phi) is 7.01. The van der Waals surface area contributed by atoms with E-state index < -0.39 is 10.0 Å². The molecule has 2 aliphatic heterocycles. The summed E-state index contributed by atoms with van der Waals surface area (Å²) in [5.41, 5.74) is 4.71. The summed E-state index contributed by atoms with van der Waals surface area (Å²) in [4.78, 5) is 2.65. The van der Waals surface area contributed by atoms with Crippen LogP contribution in [0.15, 0.2) is 71.6 Å². The van der Waals surface area contributed by atoms with Gasteiger partial charge >= 0.3 is 0 Å². The maximum atomic E-state index is 13.6. The number of rotatable bonds is 5. The van der Waals surface area contributed by atoms with E-state index in [-0.39, 0.29) is 30.4 Å². The van der Waals surface area contributed by atoms with Gasteiger partial charge in [-0.05, 0) is 79.3 Å². The number of halogens is 1. The minimum atomic E-state index is -3.62. The molecule has 190 valence electrons. The summed E-state index contributed by atoms with van der Waals surface area (Å²) < 4.78 is 42.5. The second-order valence-electron chi connectivity index (χ2n) is 10.00. The summed E-state index contributed by atoms with van der Waals surface area (Å²) in [7, 11) is -3.62. The van der Waals surface area contributed by atoms with Gasteiger partial charge in [0.25, 0.3) is 0 Å². The van der Waals surface area contributed by atoms with Gasteiger partial charge in [-0.15, -0.1) is 0 Å². The molecule has 0 spiro atoms. The number of benzene rings is 3. The highest BCUT2D eigenvalue weighted by Crippen LogP contribution is 2.43. The highest BCUT2D eigenvalue weighted by molar-refractivity contribution is 7.89. The van der Waals surface area contributed by atoms with Crippen LogP contribution in [0.5, 0.6) is 0 Å². The van der Waals surface area contributed by atoms with Crippen LogP contribution in [0, 0.1) is 19.7 Å². The Hall–Kier alpha value is -2.58. The lowest BCUT2D eigenvalue weighted by Crippen LogP contribution is -2.67. The summed E-state index contributed by atoms with van der Waals surface area (Å²) in [6.07, 6.45) is 1.69. The molecule has 2 saturated heterocycles. The second kappa shape index (κ2) is 10.1. The van der Waals surface area contributed by atoms with Crippen LogP contribution in [-0.2, 0) is 10.0 Å². The summed E-state index contributed by atoms with van der Waals surface area (Å²) in [5, 5.41) is 10.2. The Morgan fingerprint density at radius 1 is 0.944 bits per heavy atom. The minimum absolute atomic E-state index is 0.000323. The van der Waals surface area contributed by atoms with E-state index in [4.69, 9.17) is 0 Å². The number of nitrogens with zero attached hydrogens (tertiary/aromatic N) is 2. The highest BCUT2D eigenvalue weighted by atomic mass is 32.2. The first-order valence-corrected chi connectivity index (χ1v) is 14.0. The van der Waals surface area contributed by atoms with E-state index in [1.54, 1.807) is 22.5 Å². The fourth-order valence-corrected chi connectivity index (χ4v) is 7.67. The third kappa shape index (κ3) is 4.50. The predicted octanol–water partition coefficient (Wildman–Crippen LogP) is 4.72. The molecule has 0 aliphatic carbocycles. The second-order valence-corrected chi connectivity index (χ2v) is 11.9. The zero-order chi connectivity index (χ0) is 25.4.